The van der Waals surface area contributed by atoms with Crippen LogP contribution in [0, 0.1) is 5.92 Å². The van der Waals surface area contributed by atoms with Gasteiger partial charge in [-0.1, -0.05) is 30.3 Å². The summed E-state index contributed by atoms with van der Waals surface area (Å²) in [5, 5.41) is 2.79. The molecule has 0 bridgehead atoms. The molecule has 0 spiro atoms. The van der Waals surface area contributed by atoms with Crippen molar-refractivity contribution in [1.29, 1.82) is 0 Å². The number of nitrogens with one attached hydrogen (secondary N) is 1. The molecular formula is C19H28N2O4. The molecule has 1 aliphatic heterocycles. The molecule has 6 heteroatoms. The number of carbonyl (C=O) groups excluding carboxylic acids is 2. The number of amides is 2. The average Bonchev–Trinajstić information content (AvgIpc) is 2.57. The fourth-order valence-corrected chi connectivity index (χ4v) is 2.75. The van der Waals surface area contributed by atoms with Gasteiger partial charge in [0.1, 0.15) is 12.2 Å². The Morgan fingerprint density at radius 3 is 2.64 bits per heavy atom. The number of benzene rings is 1. The second-order valence-corrected chi connectivity index (χ2v) is 7.38. The van der Waals surface area contributed by atoms with Crippen LogP contribution in [-0.2, 0) is 16.1 Å². The molecule has 1 atom stereocenters. The summed E-state index contributed by atoms with van der Waals surface area (Å²) in [5.74, 6) is 0.213. The first-order chi connectivity index (χ1) is 11.8. The largest absolute Gasteiger partial charge is 0.445 e. The lowest BCUT2D eigenvalue weighted by atomic mass is 9.98. The van der Waals surface area contributed by atoms with Crippen LogP contribution in [0.1, 0.15) is 39.2 Å². The minimum absolute atomic E-state index is 0.213. The van der Waals surface area contributed by atoms with Crippen LogP contribution >= 0.6 is 0 Å². The van der Waals surface area contributed by atoms with Gasteiger partial charge in [-0.15, -0.1) is 0 Å². The summed E-state index contributed by atoms with van der Waals surface area (Å²) < 4.78 is 10.6. The number of likely N-dealkylation sites (tertiary alicyclic amines) is 1. The lowest BCUT2D eigenvalue weighted by Gasteiger charge is -2.32. The van der Waals surface area contributed by atoms with Crippen LogP contribution in [-0.4, -0.2) is 42.3 Å². The Labute approximate surface area is 149 Å². The summed E-state index contributed by atoms with van der Waals surface area (Å²) in [6.07, 6.45) is 1.15. The van der Waals surface area contributed by atoms with Crippen LogP contribution in [0.3, 0.4) is 0 Å². The van der Waals surface area contributed by atoms with Crippen molar-refractivity contribution in [2.24, 2.45) is 5.92 Å². The van der Waals surface area contributed by atoms with E-state index in [2.05, 4.69) is 5.32 Å². The Bertz CT molecular complexity index is 569. The molecule has 1 heterocycles. The summed E-state index contributed by atoms with van der Waals surface area (Å²) in [5.41, 5.74) is 0.459. The molecule has 6 nitrogen and oxygen atoms in total. The van der Waals surface area contributed by atoms with E-state index < -0.39 is 11.7 Å². The van der Waals surface area contributed by atoms with E-state index in [-0.39, 0.29) is 18.6 Å². The van der Waals surface area contributed by atoms with E-state index in [0.29, 0.717) is 19.6 Å². The number of hydrogen-bond acceptors (Lipinski definition) is 4. The van der Waals surface area contributed by atoms with Crippen molar-refractivity contribution in [3.05, 3.63) is 35.9 Å². The molecule has 0 radical (unpaired) electrons. The standard InChI is InChI=1S/C19H28N2O4/c1-19(2,3)25-17(22)20-12-16-10-7-11-21(13-16)18(23)24-14-15-8-5-4-6-9-15/h4-6,8-9,16H,7,10-14H2,1-3H3,(H,20,22)/t16-/m0/s1. The van der Waals surface area contributed by atoms with E-state index in [1.165, 1.54) is 0 Å². The molecule has 2 amide bonds. The first-order valence-electron chi connectivity index (χ1n) is 8.76. The quantitative estimate of drug-likeness (QED) is 0.903. The molecule has 138 valence electrons. The maximum Gasteiger partial charge on any atom is 0.410 e. The molecule has 1 N–H and O–H groups in total. The summed E-state index contributed by atoms with van der Waals surface area (Å²) in [7, 11) is 0. The Morgan fingerprint density at radius 1 is 1.24 bits per heavy atom. The van der Waals surface area contributed by atoms with E-state index in [9.17, 15) is 9.59 Å². The van der Waals surface area contributed by atoms with E-state index in [4.69, 9.17) is 9.47 Å². The van der Waals surface area contributed by atoms with Gasteiger partial charge in [0.15, 0.2) is 0 Å². The number of nitrogens with zero attached hydrogens (tertiary/aromatic N) is 1. The van der Waals surface area contributed by atoms with Crippen LogP contribution in [0.2, 0.25) is 0 Å². The topological polar surface area (TPSA) is 67.9 Å². The molecule has 1 aromatic rings. The van der Waals surface area contributed by atoms with Gasteiger partial charge in [-0.05, 0) is 45.1 Å². The van der Waals surface area contributed by atoms with Gasteiger partial charge in [-0.2, -0.15) is 0 Å². The van der Waals surface area contributed by atoms with Gasteiger partial charge in [0.05, 0.1) is 0 Å². The number of alkyl carbamates (subject to hydrolysis) is 1. The molecular weight excluding hydrogens is 320 g/mol. The Kier molecular flexibility index (Phi) is 6.67. The van der Waals surface area contributed by atoms with Gasteiger partial charge < -0.3 is 19.7 Å². The normalized spacial score (nSPS) is 17.7. The predicted molar refractivity (Wildman–Crippen MR) is 95.2 cm³/mol. The van der Waals surface area contributed by atoms with Crippen molar-refractivity contribution < 1.29 is 19.1 Å². The third-order valence-electron chi connectivity index (χ3n) is 3.92. The molecule has 1 saturated heterocycles. The number of ether oxygens (including phenoxy) is 2. The number of hydrogen-bond donors (Lipinski definition) is 1. The minimum atomic E-state index is -0.510. The van der Waals surface area contributed by atoms with E-state index >= 15 is 0 Å². The highest BCUT2D eigenvalue weighted by Gasteiger charge is 2.25. The van der Waals surface area contributed by atoms with E-state index in [0.717, 1.165) is 18.4 Å². The van der Waals surface area contributed by atoms with Crippen LogP contribution in [0.25, 0.3) is 0 Å². The minimum Gasteiger partial charge on any atom is -0.445 e. The number of carbonyl (C=O) groups is 2. The lowest BCUT2D eigenvalue weighted by molar-refractivity contribution is 0.0501. The van der Waals surface area contributed by atoms with Gasteiger partial charge in [0.25, 0.3) is 0 Å². The van der Waals surface area contributed by atoms with Crippen LogP contribution in [0.4, 0.5) is 9.59 Å². The van der Waals surface area contributed by atoms with Crippen LogP contribution in [0.5, 0.6) is 0 Å². The third kappa shape index (κ3) is 7.03. The smallest absolute Gasteiger partial charge is 0.410 e. The zero-order valence-corrected chi connectivity index (χ0v) is 15.3. The SMILES string of the molecule is CC(C)(C)OC(=O)NC[C@@H]1CCCN(C(=O)OCc2ccccc2)C1. The van der Waals surface area contributed by atoms with E-state index in [1.54, 1.807) is 4.90 Å². The van der Waals surface area contributed by atoms with Gasteiger partial charge in [0, 0.05) is 19.6 Å². The van der Waals surface area contributed by atoms with Gasteiger partial charge in [-0.3, -0.25) is 0 Å². The zero-order chi connectivity index (χ0) is 18.3. The number of piperidine rings is 1. The van der Waals surface area contributed by atoms with Crippen molar-refractivity contribution >= 4 is 12.2 Å². The first-order valence-corrected chi connectivity index (χ1v) is 8.76. The summed E-state index contributed by atoms with van der Waals surface area (Å²) >= 11 is 0. The predicted octanol–water partition coefficient (Wildman–Crippen LogP) is 3.56. The maximum absolute atomic E-state index is 12.2. The maximum atomic E-state index is 12.2. The average molecular weight is 348 g/mol. The van der Waals surface area contributed by atoms with Gasteiger partial charge in [0.2, 0.25) is 0 Å². The van der Waals surface area contributed by atoms with Gasteiger partial charge in [-0.25, -0.2) is 9.59 Å². The van der Waals surface area contributed by atoms with Gasteiger partial charge >= 0.3 is 12.2 Å². The first kappa shape index (κ1) is 19.1. The number of rotatable bonds is 4. The Morgan fingerprint density at radius 2 is 1.96 bits per heavy atom. The van der Waals surface area contributed by atoms with Crippen LogP contribution < -0.4 is 5.32 Å². The lowest BCUT2D eigenvalue weighted by Crippen LogP contribution is -2.44. The molecule has 1 aliphatic rings. The highest BCUT2D eigenvalue weighted by molar-refractivity contribution is 5.68. The third-order valence-corrected chi connectivity index (χ3v) is 3.92. The molecule has 0 unspecified atom stereocenters. The molecule has 25 heavy (non-hydrogen) atoms. The Balaban J connectivity index is 1.74. The summed E-state index contributed by atoms with van der Waals surface area (Å²) in [4.78, 5) is 25.7. The fourth-order valence-electron chi connectivity index (χ4n) is 2.75. The molecule has 0 aromatic heterocycles. The van der Waals surface area contributed by atoms with Crippen molar-refractivity contribution in [2.75, 3.05) is 19.6 Å². The molecule has 1 aromatic carbocycles. The molecule has 1 fully saturated rings. The van der Waals surface area contributed by atoms with Crippen molar-refractivity contribution in [2.45, 2.75) is 45.8 Å². The van der Waals surface area contributed by atoms with E-state index in [1.807, 2.05) is 51.1 Å². The fraction of sp³-hybridized carbons (Fsp3) is 0.579. The van der Waals surface area contributed by atoms with Crippen molar-refractivity contribution in [3.8, 4) is 0 Å². The Hall–Kier alpha value is -2.24. The molecule has 2 rings (SSSR count). The second kappa shape index (κ2) is 8.74. The highest BCUT2D eigenvalue weighted by atomic mass is 16.6. The zero-order valence-electron chi connectivity index (χ0n) is 15.3. The monoisotopic (exact) mass is 348 g/mol. The summed E-state index contributed by atoms with van der Waals surface area (Å²) in [6, 6.07) is 9.62. The van der Waals surface area contributed by atoms with Crippen molar-refractivity contribution in [1.82, 2.24) is 10.2 Å². The highest BCUT2D eigenvalue weighted by Crippen LogP contribution is 2.17. The summed E-state index contributed by atoms with van der Waals surface area (Å²) in [6.45, 7) is 7.54. The second-order valence-electron chi connectivity index (χ2n) is 7.38. The van der Waals surface area contributed by atoms with Crippen LogP contribution in [0.15, 0.2) is 30.3 Å². The molecule has 0 aliphatic carbocycles. The van der Waals surface area contributed by atoms with Crippen molar-refractivity contribution in [3.63, 3.8) is 0 Å². The molecule has 0 saturated carbocycles.